The number of rotatable bonds is 7. The maximum atomic E-state index is 5.31. The molecule has 1 atom stereocenters. The minimum atomic E-state index is 0. The fourth-order valence-corrected chi connectivity index (χ4v) is 3.50. The Morgan fingerprint density at radius 1 is 1.21 bits per heavy atom. The first-order chi connectivity index (χ1) is 13.7. The first-order valence-corrected chi connectivity index (χ1v) is 9.81. The number of benzene rings is 1. The number of likely N-dealkylation sites (tertiary alicyclic amines) is 1. The summed E-state index contributed by atoms with van der Waals surface area (Å²) in [5.74, 6) is 2.77. The largest absolute Gasteiger partial charge is 0.497 e. The van der Waals surface area contributed by atoms with Crippen LogP contribution in [0.2, 0.25) is 0 Å². The molecule has 1 unspecified atom stereocenters. The molecule has 1 aliphatic rings. The molecule has 2 heterocycles. The quantitative estimate of drug-likeness (QED) is 0.334. The third-order valence-electron chi connectivity index (χ3n) is 5.00. The van der Waals surface area contributed by atoms with Crippen molar-refractivity contribution in [2.45, 2.75) is 38.8 Å². The van der Waals surface area contributed by atoms with E-state index >= 15 is 0 Å². The molecule has 8 nitrogen and oxygen atoms in total. The van der Waals surface area contributed by atoms with Crippen LogP contribution in [0.4, 0.5) is 0 Å². The Hall–Kier alpha value is -1.88. The maximum Gasteiger partial charge on any atom is 0.223 e. The molecular weight excluding hydrogens is 483 g/mol. The topological polar surface area (TPSA) is 87.8 Å². The monoisotopic (exact) mass is 514 g/mol. The molecular formula is C20H31IN6O2. The molecule has 1 fully saturated rings. The van der Waals surface area contributed by atoms with Crippen molar-refractivity contribution in [2.24, 2.45) is 4.99 Å². The van der Waals surface area contributed by atoms with Crippen LogP contribution in [0.3, 0.4) is 0 Å². The highest BCUT2D eigenvalue weighted by Gasteiger charge is 2.22. The van der Waals surface area contributed by atoms with E-state index in [2.05, 4.69) is 42.8 Å². The van der Waals surface area contributed by atoms with Crippen LogP contribution in [-0.2, 0) is 6.54 Å². The first-order valence-electron chi connectivity index (χ1n) is 9.81. The second-order valence-corrected chi connectivity index (χ2v) is 6.92. The third-order valence-corrected chi connectivity index (χ3v) is 5.00. The Labute approximate surface area is 189 Å². The standard InChI is InChI=1S/C20H30N6O2.HI/c1-15-24-19(25-28-15)14-23-20(21-2)22-13-18(26-11-5-4-6-12-26)16-7-9-17(27-3)10-8-16;/h7-10,18H,4-6,11-14H2,1-3H3,(H2,21,22,23);1H. The number of hydrogen-bond donors (Lipinski definition) is 2. The third kappa shape index (κ3) is 6.84. The van der Waals surface area contributed by atoms with Crippen molar-refractivity contribution in [1.29, 1.82) is 0 Å². The summed E-state index contributed by atoms with van der Waals surface area (Å²) in [4.78, 5) is 11.1. The SMILES string of the molecule is CN=C(NCc1noc(C)n1)NCC(c1ccc(OC)cc1)N1CCCCC1.I. The Morgan fingerprint density at radius 3 is 2.52 bits per heavy atom. The highest BCUT2D eigenvalue weighted by atomic mass is 127. The van der Waals surface area contributed by atoms with Crippen LogP contribution in [-0.4, -0.2) is 54.8 Å². The number of nitrogens with zero attached hydrogens (tertiary/aromatic N) is 4. The Morgan fingerprint density at radius 2 is 1.93 bits per heavy atom. The fraction of sp³-hybridized carbons (Fsp3) is 0.550. The lowest BCUT2D eigenvalue weighted by Crippen LogP contribution is -2.44. The fourth-order valence-electron chi connectivity index (χ4n) is 3.50. The van der Waals surface area contributed by atoms with Crippen molar-refractivity contribution in [2.75, 3.05) is 33.8 Å². The van der Waals surface area contributed by atoms with Crippen LogP contribution in [0.15, 0.2) is 33.8 Å². The number of nitrogens with one attached hydrogen (secondary N) is 2. The van der Waals surface area contributed by atoms with Gasteiger partial charge in [0.25, 0.3) is 0 Å². The van der Waals surface area contributed by atoms with E-state index in [-0.39, 0.29) is 30.0 Å². The molecule has 1 saturated heterocycles. The molecule has 3 rings (SSSR count). The van der Waals surface area contributed by atoms with Crippen molar-refractivity contribution in [3.05, 3.63) is 41.5 Å². The van der Waals surface area contributed by atoms with Gasteiger partial charge in [0, 0.05) is 20.5 Å². The van der Waals surface area contributed by atoms with Gasteiger partial charge in [0.05, 0.1) is 19.7 Å². The highest BCUT2D eigenvalue weighted by molar-refractivity contribution is 14.0. The minimum Gasteiger partial charge on any atom is -0.497 e. The van der Waals surface area contributed by atoms with Gasteiger partial charge in [-0.25, -0.2) is 0 Å². The number of ether oxygens (including phenoxy) is 1. The molecule has 9 heteroatoms. The van der Waals surface area contributed by atoms with Gasteiger partial charge in [0.1, 0.15) is 5.75 Å². The minimum absolute atomic E-state index is 0. The normalized spacial score (nSPS) is 16.0. The molecule has 1 aromatic carbocycles. The van der Waals surface area contributed by atoms with E-state index in [1.807, 2.05) is 12.1 Å². The van der Waals surface area contributed by atoms with Crippen molar-refractivity contribution < 1.29 is 9.26 Å². The first kappa shape index (κ1) is 23.4. The zero-order valence-corrected chi connectivity index (χ0v) is 19.7. The summed E-state index contributed by atoms with van der Waals surface area (Å²) in [5.41, 5.74) is 1.28. The van der Waals surface area contributed by atoms with Gasteiger partial charge in [-0.15, -0.1) is 24.0 Å². The summed E-state index contributed by atoms with van der Waals surface area (Å²) in [5, 5.41) is 10.6. The van der Waals surface area contributed by atoms with E-state index in [9.17, 15) is 0 Å². The van der Waals surface area contributed by atoms with Crippen LogP contribution in [0, 0.1) is 6.92 Å². The lowest BCUT2D eigenvalue weighted by atomic mass is 10.0. The zero-order chi connectivity index (χ0) is 19.8. The molecule has 29 heavy (non-hydrogen) atoms. The van der Waals surface area contributed by atoms with Crippen LogP contribution in [0.1, 0.15) is 42.6 Å². The lowest BCUT2D eigenvalue weighted by molar-refractivity contribution is 0.164. The Balaban J connectivity index is 0.00000300. The molecule has 0 radical (unpaired) electrons. The van der Waals surface area contributed by atoms with Crippen molar-refractivity contribution in [3.63, 3.8) is 0 Å². The summed E-state index contributed by atoms with van der Waals surface area (Å²) in [7, 11) is 3.46. The highest BCUT2D eigenvalue weighted by Crippen LogP contribution is 2.25. The van der Waals surface area contributed by atoms with E-state index in [1.54, 1.807) is 21.1 Å². The van der Waals surface area contributed by atoms with E-state index in [0.29, 0.717) is 18.3 Å². The van der Waals surface area contributed by atoms with Gasteiger partial charge < -0.3 is 19.9 Å². The van der Waals surface area contributed by atoms with Gasteiger partial charge in [-0.05, 0) is 43.6 Å². The number of aliphatic imine (C=N–C) groups is 1. The molecule has 0 amide bonds. The molecule has 0 spiro atoms. The lowest BCUT2D eigenvalue weighted by Gasteiger charge is -2.35. The van der Waals surface area contributed by atoms with Gasteiger partial charge in [-0.1, -0.05) is 23.7 Å². The maximum absolute atomic E-state index is 5.31. The van der Waals surface area contributed by atoms with Crippen LogP contribution in [0.5, 0.6) is 5.75 Å². The molecule has 1 aromatic heterocycles. The molecule has 0 aliphatic carbocycles. The second-order valence-electron chi connectivity index (χ2n) is 6.92. The molecule has 1 aliphatic heterocycles. The number of guanidine groups is 1. The Kier molecular flexibility index (Phi) is 9.65. The van der Waals surface area contributed by atoms with Gasteiger partial charge in [0.2, 0.25) is 5.89 Å². The number of piperidine rings is 1. The number of aromatic nitrogens is 2. The van der Waals surface area contributed by atoms with Crippen molar-refractivity contribution in [1.82, 2.24) is 25.7 Å². The predicted octanol–water partition coefficient (Wildman–Crippen LogP) is 2.90. The average molecular weight is 514 g/mol. The predicted molar refractivity (Wildman–Crippen MR) is 124 cm³/mol. The molecule has 0 saturated carbocycles. The number of methoxy groups -OCH3 is 1. The average Bonchev–Trinajstić information content (AvgIpc) is 3.16. The van der Waals surface area contributed by atoms with E-state index in [0.717, 1.165) is 31.3 Å². The second kappa shape index (κ2) is 12.0. The molecule has 0 bridgehead atoms. The number of aryl methyl sites for hydroxylation is 1. The van der Waals surface area contributed by atoms with Crippen LogP contribution in [0.25, 0.3) is 0 Å². The molecule has 160 valence electrons. The Bertz CT molecular complexity index is 759. The zero-order valence-electron chi connectivity index (χ0n) is 17.4. The van der Waals surface area contributed by atoms with Gasteiger partial charge in [-0.3, -0.25) is 9.89 Å². The van der Waals surface area contributed by atoms with Gasteiger partial charge >= 0.3 is 0 Å². The van der Waals surface area contributed by atoms with Crippen molar-refractivity contribution >= 4 is 29.9 Å². The van der Waals surface area contributed by atoms with E-state index in [4.69, 9.17) is 9.26 Å². The van der Waals surface area contributed by atoms with Crippen molar-refractivity contribution in [3.8, 4) is 5.75 Å². The summed E-state index contributed by atoms with van der Waals surface area (Å²) < 4.78 is 10.3. The van der Waals surface area contributed by atoms with Gasteiger partial charge in [0.15, 0.2) is 11.8 Å². The number of hydrogen-bond acceptors (Lipinski definition) is 6. The number of halogens is 1. The smallest absolute Gasteiger partial charge is 0.223 e. The van der Waals surface area contributed by atoms with Crippen LogP contribution < -0.4 is 15.4 Å². The van der Waals surface area contributed by atoms with Crippen LogP contribution >= 0.6 is 24.0 Å². The summed E-state index contributed by atoms with van der Waals surface area (Å²) in [6.07, 6.45) is 3.81. The molecule has 2 N–H and O–H groups in total. The molecule has 2 aromatic rings. The summed E-state index contributed by atoms with van der Waals surface area (Å²) >= 11 is 0. The van der Waals surface area contributed by atoms with Gasteiger partial charge in [-0.2, -0.15) is 4.98 Å². The van der Waals surface area contributed by atoms with E-state index < -0.39 is 0 Å². The summed E-state index contributed by atoms with van der Waals surface area (Å²) in [6, 6.07) is 8.63. The summed E-state index contributed by atoms with van der Waals surface area (Å²) in [6.45, 7) is 5.24. The van der Waals surface area contributed by atoms with E-state index in [1.165, 1.54) is 24.8 Å².